The van der Waals surface area contributed by atoms with Gasteiger partial charge in [-0.25, -0.2) is 0 Å². The zero-order valence-corrected chi connectivity index (χ0v) is 11.1. The van der Waals surface area contributed by atoms with Gasteiger partial charge in [0.1, 0.15) is 18.3 Å². The van der Waals surface area contributed by atoms with Crippen LogP contribution in [0.3, 0.4) is 0 Å². The summed E-state index contributed by atoms with van der Waals surface area (Å²) in [7, 11) is 0. The summed E-state index contributed by atoms with van der Waals surface area (Å²) in [5.41, 5.74) is 0.711. The third kappa shape index (κ3) is 2.10. The van der Waals surface area contributed by atoms with Crippen LogP contribution in [-0.4, -0.2) is 40.9 Å². The number of fused-ring (bicyclic) bond motifs is 1. The molecule has 0 amide bonds. The van der Waals surface area contributed by atoms with Gasteiger partial charge in [-0.1, -0.05) is 0 Å². The van der Waals surface area contributed by atoms with Crippen molar-refractivity contribution in [3.63, 3.8) is 0 Å². The molecule has 0 aromatic rings. The molecule has 3 atom stereocenters. The molecule has 4 nitrogen and oxygen atoms in total. The van der Waals surface area contributed by atoms with Gasteiger partial charge in [-0.05, 0) is 25.5 Å². The van der Waals surface area contributed by atoms with Crippen LogP contribution < -0.4 is 0 Å². The first-order valence-electron chi connectivity index (χ1n) is 4.38. The van der Waals surface area contributed by atoms with Gasteiger partial charge in [0.2, 0.25) is 0 Å². The molecular formula is C9H14O4Y. The molecule has 77 valence electrons. The molecule has 0 aromatic heterocycles. The fraction of sp³-hybridized carbons (Fsp3) is 0.778. The summed E-state index contributed by atoms with van der Waals surface area (Å²) in [5.74, 6) is -0.662. The van der Waals surface area contributed by atoms with Crippen molar-refractivity contribution >= 4 is 0 Å². The maximum absolute atomic E-state index is 9.54. The molecule has 1 heterocycles. The van der Waals surface area contributed by atoms with Crippen molar-refractivity contribution in [1.82, 2.24) is 0 Å². The molecule has 0 saturated carbocycles. The van der Waals surface area contributed by atoms with Crippen molar-refractivity contribution in [3.8, 4) is 0 Å². The van der Waals surface area contributed by atoms with E-state index in [0.717, 1.165) is 0 Å². The van der Waals surface area contributed by atoms with Crippen LogP contribution in [0.25, 0.3) is 0 Å². The van der Waals surface area contributed by atoms with E-state index in [4.69, 9.17) is 14.6 Å². The second-order valence-corrected chi connectivity index (χ2v) is 3.91. The van der Waals surface area contributed by atoms with Crippen molar-refractivity contribution in [2.24, 2.45) is 0 Å². The van der Waals surface area contributed by atoms with Gasteiger partial charge in [-0.15, -0.1) is 0 Å². The van der Waals surface area contributed by atoms with Crippen LogP contribution in [-0.2, 0) is 42.2 Å². The Hall–Kier alpha value is 0.684. The molecule has 1 fully saturated rings. The van der Waals surface area contributed by atoms with E-state index < -0.39 is 11.9 Å². The number of rotatable bonds is 1. The Labute approximate surface area is 108 Å². The Balaban J connectivity index is 0.000000980. The molecule has 2 aliphatic rings. The summed E-state index contributed by atoms with van der Waals surface area (Å²) in [4.78, 5) is 0. The summed E-state index contributed by atoms with van der Waals surface area (Å²) in [6.07, 6.45) is 0.311. The topological polar surface area (TPSA) is 58.9 Å². The molecule has 1 saturated heterocycles. The van der Waals surface area contributed by atoms with E-state index in [1.807, 2.05) is 0 Å². The van der Waals surface area contributed by atoms with Gasteiger partial charge < -0.3 is 19.7 Å². The second-order valence-electron chi connectivity index (χ2n) is 3.91. The molecule has 2 rings (SSSR count). The fourth-order valence-corrected chi connectivity index (χ4v) is 1.88. The molecule has 0 bridgehead atoms. The number of ether oxygens (including phenoxy) is 2. The maximum atomic E-state index is 9.54. The molecule has 1 aliphatic carbocycles. The Kier molecular flexibility index (Phi) is 3.90. The number of hydrogen-bond acceptors (Lipinski definition) is 4. The molecule has 1 radical (unpaired) electrons. The Morgan fingerprint density at radius 1 is 1.43 bits per heavy atom. The van der Waals surface area contributed by atoms with E-state index >= 15 is 0 Å². The Morgan fingerprint density at radius 2 is 2.07 bits per heavy atom. The molecular weight excluding hydrogens is 261 g/mol. The van der Waals surface area contributed by atoms with Crippen LogP contribution in [0.1, 0.15) is 13.8 Å². The van der Waals surface area contributed by atoms with Gasteiger partial charge in [0, 0.05) is 32.7 Å². The molecule has 1 aliphatic heterocycles. The van der Waals surface area contributed by atoms with Crippen molar-refractivity contribution < 1.29 is 52.4 Å². The van der Waals surface area contributed by atoms with Gasteiger partial charge in [0.15, 0.2) is 5.79 Å². The van der Waals surface area contributed by atoms with E-state index in [9.17, 15) is 5.11 Å². The van der Waals surface area contributed by atoms with E-state index in [-0.39, 0.29) is 51.5 Å². The van der Waals surface area contributed by atoms with Crippen molar-refractivity contribution in [2.75, 3.05) is 6.61 Å². The average molecular weight is 275 g/mol. The Bertz CT molecular complexity index is 251. The van der Waals surface area contributed by atoms with Crippen LogP contribution in [0.15, 0.2) is 11.6 Å². The van der Waals surface area contributed by atoms with Crippen molar-refractivity contribution in [1.29, 1.82) is 0 Å². The molecule has 14 heavy (non-hydrogen) atoms. The van der Waals surface area contributed by atoms with Gasteiger partial charge in [-0.2, -0.15) is 0 Å². The fourth-order valence-electron chi connectivity index (χ4n) is 1.88. The predicted molar refractivity (Wildman–Crippen MR) is 45.0 cm³/mol. The number of hydrogen-bond donors (Lipinski definition) is 2. The molecule has 0 spiro atoms. The monoisotopic (exact) mass is 275 g/mol. The first-order chi connectivity index (χ1) is 6.03. The molecule has 2 N–H and O–H groups in total. The van der Waals surface area contributed by atoms with E-state index in [0.29, 0.717) is 5.57 Å². The summed E-state index contributed by atoms with van der Waals surface area (Å²) in [6, 6.07) is 0. The van der Waals surface area contributed by atoms with Crippen LogP contribution in [0.4, 0.5) is 0 Å². The van der Waals surface area contributed by atoms with Crippen LogP contribution in [0, 0.1) is 0 Å². The minimum atomic E-state index is -0.662. The van der Waals surface area contributed by atoms with Crippen LogP contribution in [0.2, 0.25) is 0 Å². The molecule has 5 heteroatoms. The van der Waals surface area contributed by atoms with E-state index in [1.165, 1.54) is 0 Å². The molecule has 0 aromatic carbocycles. The zero-order valence-electron chi connectivity index (χ0n) is 8.30. The summed E-state index contributed by atoms with van der Waals surface area (Å²) >= 11 is 0. The standard InChI is InChI=1S/C9H14O4.Y/c1-9(2)12-7-5(4-10)3-6(11)8(7)13-9;/h3,6-8,10-11H,4H2,1-2H3;/t6-,7?,8?;/m1./s1. The predicted octanol–water partition coefficient (Wildman–Crippen LogP) is -0.203. The van der Waals surface area contributed by atoms with Gasteiger partial charge in [0.05, 0.1) is 6.61 Å². The molecule has 2 unspecified atom stereocenters. The van der Waals surface area contributed by atoms with E-state index in [1.54, 1.807) is 19.9 Å². The summed E-state index contributed by atoms with van der Waals surface area (Å²) in [6.45, 7) is 3.51. The van der Waals surface area contributed by atoms with Gasteiger partial charge in [0.25, 0.3) is 0 Å². The van der Waals surface area contributed by atoms with Gasteiger partial charge in [-0.3, -0.25) is 0 Å². The summed E-state index contributed by atoms with van der Waals surface area (Å²) < 4.78 is 11.0. The number of aliphatic hydroxyl groups excluding tert-OH is 2. The number of aliphatic hydroxyl groups is 2. The third-order valence-corrected chi connectivity index (χ3v) is 2.40. The minimum absolute atomic E-state index is 0. The SMILES string of the molecule is CC1(C)OC2C(CO)=C[C@@H](O)C2O1.[Y]. The Morgan fingerprint density at radius 3 is 2.64 bits per heavy atom. The first kappa shape index (κ1) is 12.8. The average Bonchev–Trinajstić information content (AvgIpc) is 2.47. The minimum Gasteiger partial charge on any atom is -0.392 e. The smallest absolute Gasteiger partial charge is 0.164 e. The first-order valence-corrected chi connectivity index (χ1v) is 4.38. The maximum Gasteiger partial charge on any atom is 0.164 e. The van der Waals surface area contributed by atoms with Crippen LogP contribution >= 0.6 is 0 Å². The third-order valence-electron chi connectivity index (χ3n) is 2.40. The summed E-state index contributed by atoms with van der Waals surface area (Å²) in [5, 5.41) is 18.5. The largest absolute Gasteiger partial charge is 0.392 e. The van der Waals surface area contributed by atoms with E-state index in [2.05, 4.69) is 0 Å². The van der Waals surface area contributed by atoms with Crippen molar-refractivity contribution in [3.05, 3.63) is 11.6 Å². The zero-order chi connectivity index (χ0) is 9.64. The normalized spacial score (nSPS) is 38.9. The second kappa shape index (κ2) is 4.28. The quantitative estimate of drug-likeness (QED) is 0.651. The van der Waals surface area contributed by atoms with Crippen LogP contribution in [0.5, 0.6) is 0 Å². The van der Waals surface area contributed by atoms with Gasteiger partial charge >= 0.3 is 0 Å². The van der Waals surface area contributed by atoms with Crippen molar-refractivity contribution in [2.45, 2.75) is 37.9 Å².